The number of aromatic nitrogens is 4. The first kappa shape index (κ1) is 17.2. The molecule has 1 amide bonds. The van der Waals surface area contributed by atoms with Crippen LogP contribution in [0.3, 0.4) is 0 Å². The van der Waals surface area contributed by atoms with E-state index < -0.39 is 0 Å². The van der Waals surface area contributed by atoms with Crippen LogP contribution in [0.2, 0.25) is 5.02 Å². The smallest absolute Gasteiger partial charge is 0.259 e. The summed E-state index contributed by atoms with van der Waals surface area (Å²) in [5.41, 5.74) is 4.00. The Bertz CT molecular complexity index is 912. The Morgan fingerprint density at radius 2 is 2.12 bits per heavy atom. The minimum absolute atomic E-state index is 0.144. The van der Waals surface area contributed by atoms with E-state index in [1.165, 1.54) is 0 Å². The Kier molecular flexibility index (Phi) is 4.90. The number of rotatable bonds is 5. The number of hydrogen-bond donors (Lipinski definition) is 1. The summed E-state index contributed by atoms with van der Waals surface area (Å²) in [5.74, 6) is -0.144. The summed E-state index contributed by atoms with van der Waals surface area (Å²) in [5, 5.41) is 12.1. The van der Waals surface area contributed by atoms with Crippen molar-refractivity contribution in [3.63, 3.8) is 0 Å². The van der Waals surface area contributed by atoms with E-state index in [1.807, 2.05) is 49.7 Å². The van der Waals surface area contributed by atoms with Crippen molar-refractivity contribution in [2.24, 2.45) is 0 Å². The van der Waals surface area contributed by atoms with Crippen molar-refractivity contribution >= 4 is 23.2 Å². The molecule has 0 atom stereocenters. The molecule has 0 radical (unpaired) electrons. The van der Waals surface area contributed by atoms with Crippen molar-refractivity contribution in [1.82, 2.24) is 19.6 Å². The number of benzene rings is 1. The molecule has 7 heteroatoms. The predicted octanol–water partition coefficient (Wildman–Crippen LogP) is 3.67. The van der Waals surface area contributed by atoms with E-state index >= 15 is 0 Å². The van der Waals surface area contributed by atoms with E-state index in [9.17, 15) is 4.79 Å². The molecule has 1 N–H and O–H groups in total. The van der Waals surface area contributed by atoms with Crippen LogP contribution >= 0.6 is 11.6 Å². The summed E-state index contributed by atoms with van der Waals surface area (Å²) in [7, 11) is 0. The molecule has 0 unspecified atom stereocenters. The number of aryl methyl sites for hydroxylation is 2. The van der Waals surface area contributed by atoms with E-state index in [1.54, 1.807) is 17.1 Å². The number of hydrogen-bond acceptors (Lipinski definition) is 3. The van der Waals surface area contributed by atoms with Crippen molar-refractivity contribution < 1.29 is 4.79 Å². The third-order valence-electron chi connectivity index (χ3n) is 4.04. The number of amides is 1. The van der Waals surface area contributed by atoms with Crippen molar-refractivity contribution in [3.05, 3.63) is 64.2 Å². The van der Waals surface area contributed by atoms with Crippen LogP contribution in [0.15, 0.2) is 36.7 Å². The van der Waals surface area contributed by atoms with Crippen LogP contribution in [0.4, 0.5) is 5.69 Å². The van der Waals surface area contributed by atoms with Crippen molar-refractivity contribution in [1.29, 1.82) is 0 Å². The fourth-order valence-electron chi connectivity index (χ4n) is 2.89. The molecule has 0 aliphatic heterocycles. The average molecular weight is 358 g/mol. The third kappa shape index (κ3) is 3.74. The Hall–Kier alpha value is -2.60. The first-order chi connectivity index (χ1) is 12.0. The van der Waals surface area contributed by atoms with Gasteiger partial charge in [-0.3, -0.25) is 14.2 Å². The summed E-state index contributed by atoms with van der Waals surface area (Å²) in [6, 6.07) is 7.69. The van der Waals surface area contributed by atoms with Crippen LogP contribution in [0, 0.1) is 13.8 Å². The van der Waals surface area contributed by atoms with Crippen LogP contribution < -0.4 is 5.32 Å². The monoisotopic (exact) mass is 357 g/mol. The van der Waals surface area contributed by atoms with Crippen LogP contribution in [0.25, 0.3) is 0 Å². The molecule has 3 aromatic rings. The Balaban J connectivity index is 1.78. The largest absolute Gasteiger partial charge is 0.322 e. The van der Waals surface area contributed by atoms with Crippen LogP contribution in [0.1, 0.15) is 34.2 Å². The van der Waals surface area contributed by atoms with Crippen LogP contribution in [-0.4, -0.2) is 25.5 Å². The first-order valence-electron chi connectivity index (χ1n) is 8.10. The summed E-state index contributed by atoms with van der Waals surface area (Å²) in [4.78, 5) is 12.7. The van der Waals surface area contributed by atoms with Gasteiger partial charge in [-0.1, -0.05) is 23.7 Å². The third-order valence-corrected chi connectivity index (χ3v) is 4.23. The van der Waals surface area contributed by atoms with Gasteiger partial charge in [0.1, 0.15) is 0 Å². The second-order valence-corrected chi connectivity index (χ2v) is 6.31. The SMILES string of the molecule is CCn1nc(C)c(C(=O)Nc2cccc(Cn3cc(Cl)cn3)c2)c1C. The highest BCUT2D eigenvalue weighted by molar-refractivity contribution is 6.30. The van der Waals surface area contributed by atoms with Gasteiger partial charge in [-0.2, -0.15) is 10.2 Å². The molecule has 2 heterocycles. The fraction of sp³-hybridized carbons (Fsp3) is 0.278. The molecule has 1 aromatic carbocycles. The van der Waals surface area contributed by atoms with Crippen molar-refractivity contribution in [2.75, 3.05) is 5.32 Å². The molecule has 130 valence electrons. The van der Waals surface area contributed by atoms with E-state index in [0.717, 1.165) is 29.2 Å². The van der Waals surface area contributed by atoms with Crippen molar-refractivity contribution in [3.8, 4) is 0 Å². The molecule has 0 saturated heterocycles. The maximum absolute atomic E-state index is 12.7. The minimum Gasteiger partial charge on any atom is -0.322 e. The van der Waals surface area contributed by atoms with Gasteiger partial charge in [0, 0.05) is 24.1 Å². The van der Waals surface area contributed by atoms with Gasteiger partial charge in [0.15, 0.2) is 0 Å². The average Bonchev–Trinajstić information content (AvgIpc) is 3.10. The highest BCUT2D eigenvalue weighted by Gasteiger charge is 2.18. The molecule has 0 bridgehead atoms. The van der Waals surface area contributed by atoms with Gasteiger partial charge in [0.05, 0.1) is 29.0 Å². The first-order valence-corrected chi connectivity index (χ1v) is 8.48. The summed E-state index contributed by atoms with van der Waals surface area (Å²) < 4.78 is 3.59. The standard InChI is InChI=1S/C18H20ClN5O/c1-4-24-13(3)17(12(2)22-24)18(25)21-16-7-5-6-14(8-16)10-23-11-15(19)9-20-23/h5-9,11H,4,10H2,1-3H3,(H,21,25). The Labute approximate surface area is 151 Å². The van der Waals surface area contributed by atoms with Crippen LogP contribution in [-0.2, 0) is 13.1 Å². The predicted molar refractivity (Wildman–Crippen MR) is 98.1 cm³/mol. The van der Waals surface area contributed by atoms with Gasteiger partial charge in [-0.05, 0) is 38.5 Å². The fourth-order valence-corrected chi connectivity index (χ4v) is 3.04. The second kappa shape index (κ2) is 7.11. The summed E-state index contributed by atoms with van der Waals surface area (Å²) >= 11 is 5.89. The van der Waals surface area contributed by atoms with Crippen molar-refractivity contribution in [2.45, 2.75) is 33.9 Å². The second-order valence-electron chi connectivity index (χ2n) is 5.87. The molecular weight excluding hydrogens is 338 g/mol. The zero-order valence-corrected chi connectivity index (χ0v) is 15.2. The highest BCUT2D eigenvalue weighted by Crippen LogP contribution is 2.18. The Morgan fingerprint density at radius 1 is 1.32 bits per heavy atom. The maximum Gasteiger partial charge on any atom is 0.259 e. The minimum atomic E-state index is -0.144. The van der Waals surface area contributed by atoms with Gasteiger partial charge < -0.3 is 5.32 Å². The van der Waals surface area contributed by atoms with Gasteiger partial charge in [-0.15, -0.1) is 0 Å². The van der Waals surface area contributed by atoms with E-state index in [2.05, 4.69) is 15.5 Å². The Morgan fingerprint density at radius 3 is 2.76 bits per heavy atom. The van der Waals surface area contributed by atoms with Crippen LogP contribution in [0.5, 0.6) is 0 Å². The number of nitrogens with one attached hydrogen (secondary N) is 1. The number of carbonyl (C=O) groups excluding carboxylic acids is 1. The topological polar surface area (TPSA) is 64.7 Å². The van der Waals surface area contributed by atoms with Gasteiger partial charge in [0.2, 0.25) is 0 Å². The molecule has 0 spiro atoms. The number of nitrogens with zero attached hydrogens (tertiary/aromatic N) is 4. The number of halogens is 1. The molecule has 3 rings (SSSR count). The highest BCUT2D eigenvalue weighted by atomic mass is 35.5. The molecule has 6 nitrogen and oxygen atoms in total. The number of carbonyl (C=O) groups is 1. The lowest BCUT2D eigenvalue weighted by molar-refractivity contribution is 0.102. The number of anilines is 1. The lowest BCUT2D eigenvalue weighted by atomic mass is 10.1. The molecule has 0 fully saturated rings. The van der Waals surface area contributed by atoms with Gasteiger partial charge in [-0.25, -0.2) is 0 Å². The zero-order valence-electron chi connectivity index (χ0n) is 14.5. The molecule has 2 aromatic heterocycles. The van der Waals surface area contributed by atoms with E-state index in [-0.39, 0.29) is 5.91 Å². The molecular formula is C18H20ClN5O. The lowest BCUT2D eigenvalue weighted by Crippen LogP contribution is -2.14. The van der Waals surface area contributed by atoms with Gasteiger partial charge >= 0.3 is 0 Å². The molecule has 0 aliphatic rings. The lowest BCUT2D eigenvalue weighted by Gasteiger charge is -2.08. The molecule has 25 heavy (non-hydrogen) atoms. The maximum atomic E-state index is 12.7. The quantitative estimate of drug-likeness (QED) is 0.757. The summed E-state index contributed by atoms with van der Waals surface area (Å²) in [6.07, 6.45) is 3.36. The normalized spacial score (nSPS) is 10.9. The zero-order chi connectivity index (χ0) is 18.0. The van der Waals surface area contributed by atoms with Gasteiger partial charge in [0.25, 0.3) is 5.91 Å². The van der Waals surface area contributed by atoms with E-state index in [4.69, 9.17) is 11.6 Å². The van der Waals surface area contributed by atoms with E-state index in [0.29, 0.717) is 17.1 Å². The summed E-state index contributed by atoms with van der Waals surface area (Å²) in [6.45, 7) is 7.10. The molecule has 0 aliphatic carbocycles. The molecule has 0 saturated carbocycles.